The zero-order valence-corrected chi connectivity index (χ0v) is 11.2. The van der Waals surface area contributed by atoms with Gasteiger partial charge in [-0.3, -0.25) is 4.79 Å². The highest BCUT2D eigenvalue weighted by molar-refractivity contribution is 6.17. The number of rotatable bonds is 3. The molecule has 0 aromatic heterocycles. The number of halogens is 1. The molecule has 0 spiro atoms. The summed E-state index contributed by atoms with van der Waals surface area (Å²) in [6.45, 7) is 8.12. The first kappa shape index (κ1) is 13.8. The number of hydrogen-bond acceptors (Lipinski definition) is 2. The van der Waals surface area contributed by atoms with Crippen molar-refractivity contribution >= 4 is 17.5 Å². The van der Waals surface area contributed by atoms with Crippen LogP contribution in [0, 0.1) is 5.41 Å². The average Bonchev–Trinajstić information content (AvgIpc) is 2.25. The van der Waals surface area contributed by atoms with Gasteiger partial charge in [0.2, 0.25) is 5.91 Å². The van der Waals surface area contributed by atoms with E-state index in [0.717, 1.165) is 25.9 Å². The van der Waals surface area contributed by atoms with Crippen LogP contribution in [0.3, 0.4) is 0 Å². The van der Waals surface area contributed by atoms with Gasteiger partial charge in [-0.05, 0) is 12.8 Å². The van der Waals surface area contributed by atoms with Crippen molar-refractivity contribution in [1.82, 2.24) is 4.90 Å². The Labute approximate surface area is 103 Å². The van der Waals surface area contributed by atoms with Crippen LogP contribution in [0.1, 0.15) is 33.6 Å². The molecular formula is C12H22ClNO2. The lowest BCUT2D eigenvalue weighted by molar-refractivity contribution is -0.142. The van der Waals surface area contributed by atoms with Gasteiger partial charge in [-0.25, -0.2) is 0 Å². The zero-order valence-electron chi connectivity index (χ0n) is 10.5. The van der Waals surface area contributed by atoms with Crippen LogP contribution in [0.4, 0.5) is 0 Å². The summed E-state index contributed by atoms with van der Waals surface area (Å²) in [6.07, 6.45) is 2.14. The number of carbonyl (C=O) groups is 1. The smallest absolute Gasteiger partial charge is 0.227 e. The van der Waals surface area contributed by atoms with Gasteiger partial charge in [0, 0.05) is 24.4 Å². The van der Waals surface area contributed by atoms with Crippen LogP contribution in [0.5, 0.6) is 0 Å². The Morgan fingerprint density at radius 1 is 1.38 bits per heavy atom. The second kappa shape index (κ2) is 5.87. The molecule has 1 aliphatic heterocycles. The third kappa shape index (κ3) is 3.95. The van der Waals surface area contributed by atoms with Gasteiger partial charge >= 0.3 is 0 Å². The second-order valence-corrected chi connectivity index (χ2v) is 5.68. The Morgan fingerprint density at radius 2 is 1.94 bits per heavy atom. The third-order valence-electron chi connectivity index (χ3n) is 2.80. The summed E-state index contributed by atoms with van der Waals surface area (Å²) in [5.74, 6) is 0.782. The Kier molecular flexibility index (Phi) is 5.06. The molecule has 0 bridgehead atoms. The first-order valence-corrected chi connectivity index (χ1v) is 6.45. The molecule has 94 valence electrons. The largest absolute Gasteiger partial charge is 0.377 e. The van der Waals surface area contributed by atoms with Crippen molar-refractivity contribution in [3.8, 4) is 0 Å². The summed E-state index contributed by atoms with van der Waals surface area (Å²) in [5.41, 5.74) is -0.274. The summed E-state index contributed by atoms with van der Waals surface area (Å²) in [5, 5.41) is 0. The fourth-order valence-corrected chi connectivity index (χ4v) is 2.00. The number of hydrogen-bond donors (Lipinski definition) is 0. The zero-order chi connectivity index (χ0) is 12.2. The minimum Gasteiger partial charge on any atom is -0.377 e. The number of nitrogens with zero attached hydrogens (tertiary/aromatic N) is 1. The molecular weight excluding hydrogens is 226 g/mol. The van der Waals surface area contributed by atoms with Crippen molar-refractivity contribution in [3.63, 3.8) is 0 Å². The van der Waals surface area contributed by atoms with E-state index >= 15 is 0 Å². The number of carbonyl (C=O) groups excluding carboxylic acids is 1. The maximum Gasteiger partial charge on any atom is 0.227 e. The highest BCUT2D eigenvalue weighted by Gasteiger charge is 2.30. The fraction of sp³-hybridized carbons (Fsp3) is 0.917. The van der Waals surface area contributed by atoms with Gasteiger partial charge in [0.25, 0.3) is 0 Å². The van der Waals surface area contributed by atoms with Gasteiger partial charge in [0.1, 0.15) is 0 Å². The molecule has 1 aliphatic rings. The summed E-state index contributed by atoms with van der Waals surface area (Å²) in [6, 6.07) is 0. The van der Waals surface area contributed by atoms with Gasteiger partial charge < -0.3 is 9.64 Å². The summed E-state index contributed by atoms with van der Waals surface area (Å²) >= 11 is 5.57. The highest BCUT2D eigenvalue weighted by Crippen LogP contribution is 2.21. The molecule has 1 fully saturated rings. The maximum absolute atomic E-state index is 12.0. The lowest BCUT2D eigenvalue weighted by Gasteiger charge is -2.35. The molecule has 3 nitrogen and oxygen atoms in total. The lowest BCUT2D eigenvalue weighted by Crippen LogP contribution is -2.45. The number of piperidine rings is 1. The van der Waals surface area contributed by atoms with Crippen LogP contribution in [-0.4, -0.2) is 42.5 Å². The lowest BCUT2D eigenvalue weighted by atomic mass is 9.93. The predicted molar refractivity (Wildman–Crippen MR) is 65.7 cm³/mol. The van der Waals surface area contributed by atoms with E-state index in [-0.39, 0.29) is 17.4 Å². The van der Waals surface area contributed by atoms with Crippen molar-refractivity contribution < 1.29 is 9.53 Å². The minimum atomic E-state index is -0.274. The summed E-state index contributed by atoms with van der Waals surface area (Å²) < 4.78 is 5.58. The van der Waals surface area contributed by atoms with Crippen molar-refractivity contribution in [1.29, 1.82) is 0 Å². The first-order valence-electron chi connectivity index (χ1n) is 5.92. The molecule has 0 aromatic carbocycles. The van der Waals surface area contributed by atoms with Crippen LogP contribution in [-0.2, 0) is 9.53 Å². The van der Waals surface area contributed by atoms with Crippen molar-refractivity contribution in [2.24, 2.45) is 5.41 Å². The Morgan fingerprint density at radius 3 is 2.38 bits per heavy atom. The maximum atomic E-state index is 12.0. The minimum absolute atomic E-state index is 0.239. The average molecular weight is 248 g/mol. The van der Waals surface area contributed by atoms with E-state index < -0.39 is 0 Å². The van der Waals surface area contributed by atoms with Crippen molar-refractivity contribution in [2.45, 2.75) is 39.7 Å². The number of alkyl halides is 1. The molecule has 16 heavy (non-hydrogen) atoms. The SMILES string of the molecule is CC(C)(C)C(=O)N1CCC(OCCCl)CC1. The molecule has 0 radical (unpaired) electrons. The molecule has 0 unspecified atom stereocenters. The molecule has 0 aliphatic carbocycles. The normalized spacial score (nSPS) is 18.9. The molecule has 1 saturated heterocycles. The highest BCUT2D eigenvalue weighted by atomic mass is 35.5. The molecule has 1 heterocycles. The molecule has 0 N–H and O–H groups in total. The monoisotopic (exact) mass is 247 g/mol. The van der Waals surface area contributed by atoms with Crippen LogP contribution in [0.2, 0.25) is 0 Å². The fourth-order valence-electron chi connectivity index (χ4n) is 1.91. The predicted octanol–water partition coefficient (Wildman–Crippen LogP) is 2.28. The molecule has 1 rings (SSSR count). The molecule has 1 amide bonds. The van der Waals surface area contributed by atoms with E-state index in [0.29, 0.717) is 12.5 Å². The third-order valence-corrected chi connectivity index (χ3v) is 2.96. The van der Waals surface area contributed by atoms with Crippen LogP contribution in [0.25, 0.3) is 0 Å². The second-order valence-electron chi connectivity index (χ2n) is 5.30. The van der Waals surface area contributed by atoms with E-state index in [9.17, 15) is 4.79 Å². The molecule has 0 saturated carbocycles. The Bertz CT molecular complexity index is 230. The van der Waals surface area contributed by atoms with Gasteiger partial charge in [0.05, 0.1) is 12.7 Å². The quantitative estimate of drug-likeness (QED) is 0.716. The Hall–Kier alpha value is -0.280. The van der Waals surface area contributed by atoms with Gasteiger partial charge in [-0.15, -0.1) is 11.6 Å². The molecule has 0 aromatic rings. The Balaban J connectivity index is 2.34. The topological polar surface area (TPSA) is 29.5 Å². The van der Waals surface area contributed by atoms with E-state index in [2.05, 4.69) is 0 Å². The standard InChI is InChI=1S/C12H22ClNO2/c1-12(2,3)11(15)14-7-4-10(5-8-14)16-9-6-13/h10H,4-9H2,1-3H3. The number of amides is 1. The summed E-state index contributed by atoms with van der Waals surface area (Å²) in [4.78, 5) is 13.9. The van der Waals surface area contributed by atoms with E-state index in [1.165, 1.54) is 0 Å². The molecule has 4 heteroatoms. The van der Waals surface area contributed by atoms with Crippen molar-refractivity contribution in [2.75, 3.05) is 25.6 Å². The van der Waals surface area contributed by atoms with E-state index in [1.807, 2.05) is 25.7 Å². The van der Waals surface area contributed by atoms with Crippen LogP contribution >= 0.6 is 11.6 Å². The number of ether oxygens (including phenoxy) is 1. The van der Waals surface area contributed by atoms with E-state index in [4.69, 9.17) is 16.3 Å². The number of likely N-dealkylation sites (tertiary alicyclic amines) is 1. The van der Waals surface area contributed by atoms with Gasteiger partial charge in [-0.2, -0.15) is 0 Å². The van der Waals surface area contributed by atoms with Crippen LogP contribution < -0.4 is 0 Å². The van der Waals surface area contributed by atoms with Gasteiger partial charge in [-0.1, -0.05) is 20.8 Å². The molecule has 0 atom stereocenters. The van der Waals surface area contributed by atoms with E-state index in [1.54, 1.807) is 0 Å². The summed E-state index contributed by atoms with van der Waals surface area (Å²) in [7, 11) is 0. The van der Waals surface area contributed by atoms with Crippen molar-refractivity contribution in [3.05, 3.63) is 0 Å². The van der Waals surface area contributed by atoms with Crippen LogP contribution in [0.15, 0.2) is 0 Å². The van der Waals surface area contributed by atoms with Gasteiger partial charge in [0.15, 0.2) is 0 Å². The first-order chi connectivity index (χ1) is 7.45.